The molecule has 2 heterocycles. The summed E-state index contributed by atoms with van der Waals surface area (Å²) in [7, 11) is 0. The van der Waals surface area contributed by atoms with Crippen molar-refractivity contribution in [2.24, 2.45) is 0 Å². The van der Waals surface area contributed by atoms with Crippen LogP contribution < -0.4 is 0 Å². The molecule has 0 aliphatic carbocycles. The fourth-order valence-corrected chi connectivity index (χ4v) is 4.02. The molecule has 0 bridgehead atoms. The van der Waals surface area contributed by atoms with Gasteiger partial charge in [0.05, 0.1) is 18.4 Å². The molecule has 2 aromatic rings. The zero-order valence-corrected chi connectivity index (χ0v) is 17.6. The SMILES string of the molecule is CC(C)(C)OC(=O)C[C@H](C(=O)N1C(=O)OC[C@@H]1Cc1ccccc1)c1ccsc1. The van der Waals surface area contributed by atoms with Gasteiger partial charge in [0.1, 0.15) is 12.2 Å². The van der Waals surface area contributed by atoms with Gasteiger partial charge in [0.15, 0.2) is 0 Å². The Morgan fingerprint density at radius 3 is 2.59 bits per heavy atom. The predicted molar refractivity (Wildman–Crippen MR) is 110 cm³/mol. The number of ether oxygens (including phenoxy) is 2. The third-order valence-corrected chi connectivity index (χ3v) is 5.25. The number of esters is 1. The van der Waals surface area contributed by atoms with Crippen LogP contribution in [0.5, 0.6) is 0 Å². The first kappa shape index (κ1) is 21.0. The van der Waals surface area contributed by atoms with Crippen molar-refractivity contribution in [2.75, 3.05) is 6.61 Å². The maximum absolute atomic E-state index is 13.4. The van der Waals surface area contributed by atoms with Gasteiger partial charge in [-0.15, -0.1) is 0 Å². The molecule has 1 aromatic carbocycles. The molecule has 1 aliphatic rings. The summed E-state index contributed by atoms with van der Waals surface area (Å²) < 4.78 is 10.6. The van der Waals surface area contributed by atoms with Crippen molar-refractivity contribution in [2.45, 2.75) is 51.2 Å². The van der Waals surface area contributed by atoms with E-state index in [4.69, 9.17) is 9.47 Å². The number of imide groups is 1. The first-order valence-electron chi connectivity index (χ1n) is 9.52. The van der Waals surface area contributed by atoms with Crippen LogP contribution in [0.4, 0.5) is 4.79 Å². The molecule has 0 unspecified atom stereocenters. The minimum absolute atomic E-state index is 0.130. The summed E-state index contributed by atoms with van der Waals surface area (Å²) in [5.74, 6) is -1.70. The highest BCUT2D eigenvalue weighted by Gasteiger charge is 2.42. The fourth-order valence-electron chi connectivity index (χ4n) is 3.31. The number of cyclic esters (lactones) is 1. The zero-order chi connectivity index (χ0) is 21.0. The van der Waals surface area contributed by atoms with E-state index in [0.29, 0.717) is 12.0 Å². The number of amides is 2. The lowest BCUT2D eigenvalue weighted by Crippen LogP contribution is -2.43. The maximum Gasteiger partial charge on any atom is 0.417 e. The third kappa shape index (κ3) is 5.44. The number of hydrogen-bond donors (Lipinski definition) is 0. The lowest BCUT2D eigenvalue weighted by atomic mass is 9.95. The molecular formula is C22H25NO5S. The molecule has 2 atom stereocenters. The lowest BCUT2D eigenvalue weighted by Gasteiger charge is -2.26. The largest absolute Gasteiger partial charge is 0.460 e. The van der Waals surface area contributed by atoms with E-state index in [1.54, 1.807) is 26.8 Å². The summed E-state index contributed by atoms with van der Waals surface area (Å²) in [4.78, 5) is 39.4. The van der Waals surface area contributed by atoms with Crippen LogP contribution in [0.2, 0.25) is 0 Å². The van der Waals surface area contributed by atoms with Crippen LogP contribution in [-0.2, 0) is 25.5 Å². The summed E-state index contributed by atoms with van der Waals surface area (Å²) in [6, 6.07) is 11.0. The van der Waals surface area contributed by atoms with Crippen molar-refractivity contribution < 1.29 is 23.9 Å². The summed E-state index contributed by atoms with van der Waals surface area (Å²) in [6.45, 7) is 5.47. The molecule has 29 heavy (non-hydrogen) atoms. The minimum Gasteiger partial charge on any atom is -0.460 e. The fraction of sp³-hybridized carbons (Fsp3) is 0.409. The van der Waals surface area contributed by atoms with Crippen LogP contribution in [0.15, 0.2) is 47.2 Å². The first-order chi connectivity index (χ1) is 13.7. The number of rotatable bonds is 6. The molecule has 0 spiro atoms. The van der Waals surface area contributed by atoms with Gasteiger partial charge in [0.25, 0.3) is 0 Å². The normalized spacial score (nSPS) is 17.7. The summed E-state index contributed by atoms with van der Waals surface area (Å²) in [5.41, 5.74) is 1.05. The van der Waals surface area contributed by atoms with Gasteiger partial charge in [0, 0.05) is 0 Å². The van der Waals surface area contributed by atoms with Gasteiger partial charge in [-0.1, -0.05) is 30.3 Å². The van der Waals surface area contributed by atoms with Crippen LogP contribution in [0.1, 0.15) is 44.2 Å². The Morgan fingerprint density at radius 1 is 1.24 bits per heavy atom. The molecule has 1 saturated heterocycles. The lowest BCUT2D eigenvalue weighted by molar-refractivity contribution is -0.157. The second-order valence-electron chi connectivity index (χ2n) is 8.03. The van der Waals surface area contributed by atoms with Gasteiger partial charge in [0.2, 0.25) is 5.91 Å². The minimum atomic E-state index is -0.792. The van der Waals surface area contributed by atoms with E-state index in [0.717, 1.165) is 5.56 Å². The van der Waals surface area contributed by atoms with Crippen molar-refractivity contribution >= 4 is 29.3 Å². The summed E-state index contributed by atoms with van der Waals surface area (Å²) >= 11 is 1.43. The first-order valence-corrected chi connectivity index (χ1v) is 10.5. The van der Waals surface area contributed by atoms with E-state index >= 15 is 0 Å². The quantitative estimate of drug-likeness (QED) is 0.663. The molecule has 3 rings (SSSR count). The second kappa shape index (κ2) is 8.78. The van der Waals surface area contributed by atoms with Gasteiger partial charge >= 0.3 is 12.1 Å². The second-order valence-corrected chi connectivity index (χ2v) is 8.81. The van der Waals surface area contributed by atoms with E-state index in [1.165, 1.54) is 16.2 Å². The molecule has 1 aromatic heterocycles. The van der Waals surface area contributed by atoms with Crippen molar-refractivity contribution in [3.8, 4) is 0 Å². The molecule has 1 fully saturated rings. The average Bonchev–Trinajstić information content (AvgIpc) is 3.29. The molecule has 2 amide bonds. The van der Waals surface area contributed by atoms with E-state index in [2.05, 4.69) is 0 Å². The highest BCUT2D eigenvalue weighted by Crippen LogP contribution is 2.29. The van der Waals surface area contributed by atoms with Crippen molar-refractivity contribution in [1.82, 2.24) is 4.90 Å². The molecule has 0 radical (unpaired) electrons. The van der Waals surface area contributed by atoms with Crippen LogP contribution in [0.3, 0.4) is 0 Å². The van der Waals surface area contributed by atoms with Crippen molar-refractivity contribution in [3.63, 3.8) is 0 Å². The predicted octanol–water partition coefficient (Wildman–Crippen LogP) is 4.15. The van der Waals surface area contributed by atoms with Crippen molar-refractivity contribution in [3.05, 3.63) is 58.3 Å². The number of carbonyl (C=O) groups excluding carboxylic acids is 3. The van der Waals surface area contributed by atoms with E-state index in [9.17, 15) is 14.4 Å². The van der Waals surface area contributed by atoms with Gasteiger partial charge in [-0.3, -0.25) is 9.59 Å². The van der Waals surface area contributed by atoms with Gasteiger partial charge < -0.3 is 9.47 Å². The molecule has 0 saturated carbocycles. The Bertz CT molecular complexity index is 857. The number of carbonyl (C=O) groups is 3. The molecule has 7 heteroatoms. The topological polar surface area (TPSA) is 72.9 Å². The summed E-state index contributed by atoms with van der Waals surface area (Å²) in [6.07, 6.45) is -0.296. The molecule has 1 aliphatic heterocycles. The van der Waals surface area contributed by atoms with Crippen LogP contribution in [0.25, 0.3) is 0 Å². The molecule has 6 nitrogen and oxygen atoms in total. The molecule has 154 valence electrons. The summed E-state index contributed by atoms with van der Waals surface area (Å²) in [5, 5.41) is 3.66. The number of benzene rings is 1. The van der Waals surface area contributed by atoms with Crippen molar-refractivity contribution in [1.29, 1.82) is 0 Å². The molecule has 0 N–H and O–H groups in total. The van der Waals surface area contributed by atoms with Gasteiger partial charge in [-0.05, 0) is 55.1 Å². The smallest absolute Gasteiger partial charge is 0.417 e. The Labute approximate surface area is 174 Å². The number of thiophene rings is 1. The number of hydrogen-bond acceptors (Lipinski definition) is 6. The van der Waals surface area contributed by atoms with Crippen LogP contribution in [-0.4, -0.2) is 41.1 Å². The monoisotopic (exact) mass is 415 g/mol. The Hall–Kier alpha value is -2.67. The Kier molecular flexibility index (Phi) is 6.37. The highest BCUT2D eigenvalue weighted by molar-refractivity contribution is 7.08. The third-order valence-electron chi connectivity index (χ3n) is 4.55. The van der Waals surface area contributed by atoms with Gasteiger partial charge in [-0.2, -0.15) is 11.3 Å². The Balaban J connectivity index is 1.81. The van der Waals surface area contributed by atoms with Gasteiger partial charge in [-0.25, -0.2) is 9.69 Å². The Morgan fingerprint density at radius 2 is 1.97 bits per heavy atom. The van der Waals surface area contributed by atoms with E-state index in [-0.39, 0.29) is 13.0 Å². The molecular weight excluding hydrogens is 390 g/mol. The zero-order valence-electron chi connectivity index (χ0n) is 16.8. The standard InChI is InChI=1S/C22H25NO5S/c1-22(2,3)28-19(24)12-18(16-9-10-29-14-16)20(25)23-17(13-27-21(23)26)11-15-7-5-4-6-8-15/h4-10,14,17-18H,11-13H2,1-3H3/t17-,18-/m0/s1. The van der Waals surface area contributed by atoms with Crippen LogP contribution >= 0.6 is 11.3 Å². The van der Waals surface area contributed by atoms with Crippen LogP contribution in [0, 0.1) is 0 Å². The van der Waals surface area contributed by atoms with E-state index in [1.807, 2.05) is 41.1 Å². The maximum atomic E-state index is 13.4. The highest BCUT2D eigenvalue weighted by atomic mass is 32.1. The van der Waals surface area contributed by atoms with E-state index < -0.39 is 35.5 Å². The number of nitrogens with zero attached hydrogens (tertiary/aromatic N) is 1. The average molecular weight is 416 g/mol.